The molecule has 0 saturated carbocycles. The monoisotopic (exact) mass is 325 g/mol. The lowest BCUT2D eigenvalue weighted by Gasteiger charge is -2.15. The maximum absolute atomic E-state index is 12.5. The summed E-state index contributed by atoms with van der Waals surface area (Å²) in [5.41, 5.74) is -0.244. The topological polar surface area (TPSA) is 82.9 Å². The minimum absolute atomic E-state index is 0.0350. The molecule has 3 heterocycles. The van der Waals surface area contributed by atoms with Crippen molar-refractivity contribution in [3.8, 4) is 0 Å². The summed E-state index contributed by atoms with van der Waals surface area (Å²) in [4.78, 5) is 7.55. The Hall–Kier alpha value is -2.88. The number of hydroxylamine groups is 1. The lowest BCUT2D eigenvalue weighted by molar-refractivity contribution is -0.171. The first-order valence-corrected chi connectivity index (χ1v) is 6.37. The molecule has 1 aliphatic rings. The van der Waals surface area contributed by atoms with Gasteiger partial charge in [-0.3, -0.25) is 15.2 Å². The number of amidine groups is 1. The van der Waals surface area contributed by atoms with Gasteiger partial charge in [-0.1, -0.05) is 5.10 Å². The summed E-state index contributed by atoms with van der Waals surface area (Å²) in [6, 6.07) is 5.31. The Morgan fingerprint density at radius 3 is 2.65 bits per heavy atom. The van der Waals surface area contributed by atoms with Crippen LogP contribution in [0.15, 0.2) is 48.0 Å². The first kappa shape index (κ1) is 15.0. The van der Waals surface area contributed by atoms with Crippen molar-refractivity contribution in [3.63, 3.8) is 0 Å². The Morgan fingerprint density at radius 1 is 1.22 bits per heavy atom. The van der Waals surface area contributed by atoms with Crippen LogP contribution in [0.1, 0.15) is 17.5 Å². The SMILES string of the molecule is ON1N=C(Nc2cccnc2)OC1c1ccc(C(F)(F)F)cn1. The van der Waals surface area contributed by atoms with Crippen LogP contribution in [0.4, 0.5) is 18.9 Å². The van der Waals surface area contributed by atoms with Crippen molar-refractivity contribution >= 4 is 11.7 Å². The van der Waals surface area contributed by atoms with Gasteiger partial charge in [0.15, 0.2) is 0 Å². The second kappa shape index (κ2) is 5.72. The number of alkyl halides is 3. The fraction of sp³-hybridized carbons (Fsp3) is 0.154. The molecule has 7 nitrogen and oxygen atoms in total. The van der Waals surface area contributed by atoms with Gasteiger partial charge in [0.25, 0.3) is 6.23 Å². The largest absolute Gasteiger partial charge is 0.430 e. The number of pyridine rings is 2. The fourth-order valence-electron chi connectivity index (χ4n) is 1.83. The molecular weight excluding hydrogens is 315 g/mol. The molecule has 2 N–H and O–H groups in total. The van der Waals surface area contributed by atoms with Crippen molar-refractivity contribution in [1.82, 2.24) is 15.1 Å². The molecule has 0 fully saturated rings. The van der Waals surface area contributed by atoms with Gasteiger partial charge in [-0.2, -0.15) is 13.2 Å². The predicted molar refractivity (Wildman–Crippen MR) is 72.0 cm³/mol. The van der Waals surface area contributed by atoms with Gasteiger partial charge in [-0.05, 0) is 24.3 Å². The van der Waals surface area contributed by atoms with E-state index in [1.54, 1.807) is 18.3 Å². The highest BCUT2D eigenvalue weighted by molar-refractivity contribution is 5.89. The minimum atomic E-state index is -4.48. The van der Waals surface area contributed by atoms with Crippen LogP contribution in [-0.4, -0.2) is 26.4 Å². The van der Waals surface area contributed by atoms with Crippen molar-refractivity contribution in [2.75, 3.05) is 5.32 Å². The zero-order valence-electron chi connectivity index (χ0n) is 11.4. The number of halogens is 3. The Morgan fingerprint density at radius 2 is 2.04 bits per heavy atom. The number of anilines is 1. The highest BCUT2D eigenvalue weighted by Gasteiger charge is 2.33. The number of aromatic nitrogens is 2. The molecule has 10 heteroatoms. The number of hydrogen-bond acceptors (Lipinski definition) is 7. The summed E-state index contributed by atoms with van der Waals surface area (Å²) in [7, 11) is 0. The number of rotatable bonds is 2. The molecule has 0 aliphatic carbocycles. The summed E-state index contributed by atoms with van der Waals surface area (Å²) < 4.78 is 42.9. The van der Waals surface area contributed by atoms with Gasteiger partial charge in [0.2, 0.25) is 0 Å². The molecule has 2 aromatic heterocycles. The van der Waals surface area contributed by atoms with Crippen LogP contribution in [-0.2, 0) is 10.9 Å². The van der Waals surface area contributed by atoms with E-state index < -0.39 is 18.0 Å². The van der Waals surface area contributed by atoms with Gasteiger partial charge in [0.1, 0.15) is 5.69 Å². The first-order valence-electron chi connectivity index (χ1n) is 6.37. The van der Waals surface area contributed by atoms with Gasteiger partial charge in [-0.25, -0.2) is 0 Å². The highest BCUT2D eigenvalue weighted by atomic mass is 19.4. The van der Waals surface area contributed by atoms with Gasteiger partial charge in [0.05, 0.1) is 17.4 Å². The molecule has 0 amide bonds. The molecule has 0 radical (unpaired) electrons. The molecule has 1 unspecified atom stereocenters. The smallest absolute Gasteiger partial charge is 0.417 e. The standard InChI is InChI=1S/C13H10F3N5O2/c14-13(15,16)8-3-4-10(18-6-8)11-21(22)20-12(23-11)19-9-2-1-5-17-7-9/h1-7,11,22H,(H,19,20). The average Bonchev–Trinajstić information content (AvgIpc) is 2.88. The van der Waals surface area contributed by atoms with Crippen LogP contribution in [0, 0.1) is 0 Å². The maximum Gasteiger partial charge on any atom is 0.417 e. The third-order valence-electron chi connectivity index (χ3n) is 2.91. The maximum atomic E-state index is 12.5. The third kappa shape index (κ3) is 3.31. The van der Waals surface area contributed by atoms with Gasteiger partial charge in [-0.15, -0.1) is 5.17 Å². The Kier molecular flexibility index (Phi) is 3.74. The average molecular weight is 325 g/mol. The molecule has 1 atom stereocenters. The third-order valence-corrected chi connectivity index (χ3v) is 2.91. The fourth-order valence-corrected chi connectivity index (χ4v) is 1.83. The molecule has 2 aromatic rings. The van der Waals surface area contributed by atoms with Crippen LogP contribution in [0.5, 0.6) is 0 Å². The summed E-state index contributed by atoms with van der Waals surface area (Å²) in [5, 5.41) is 16.6. The van der Waals surface area contributed by atoms with E-state index in [9.17, 15) is 18.4 Å². The van der Waals surface area contributed by atoms with E-state index in [1.807, 2.05) is 0 Å². The molecule has 3 rings (SSSR count). The van der Waals surface area contributed by atoms with Crippen LogP contribution in [0.2, 0.25) is 0 Å². The van der Waals surface area contributed by atoms with Crippen LogP contribution >= 0.6 is 0 Å². The van der Waals surface area contributed by atoms with E-state index in [4.69, 9.17) is 4.74 Å². The zero-order valence-corrected chi connectivity index (χ0v) is 11.4. The molecule has 0 saturated heterocycles. The van der Waals surface area contributed by atoms with E-state index in [0.717, 1.165) is 12.1 Å². The molecule has 0 spiro atoms. The molecular formula is C13H10F3N5O2. The quantitative estimate of drug-likeness (QED) is 0.883. The summed E-state index contributed by atoms with van der Waals surface area (Å²) in [5.74, 6) is 0. The van der Waals surface area contributed by atoms with Crippen molar-refractivity contribution in [1.29, 1.82) is 0 Å². The van der Waals surface area contributed by atoms with E-state index in [1.165, 1.54) is 6.20 Å². The number of ether oxygens (including phenoxy) is 1. The number of hydrogen-bond donors (Lipinski definition) is 2. The normalized spacial score (nSPS) is 17.7. The minimum Gasteiger partial charge on any atom is -0.430 e. The van der Waals surface area contributed by atoms with Gasteiger partial charge < -0.3 is 10.1 Å². The Labute approximate surface area is 128 Å². The second-order valence-electron chi connectivity index (χ2n) is 4.53. The highest BCUT2D eigenvalue weighted by Crippen LogP contribution is 2.30. The number of nitrogens with one attached hydrogen (secondary N) is 1. The second-order valence-corrected chi connectivity index (χ2v) is 4.53. The van der Waals surface area contributed by atoms with Crippen molar-refractivity contribution < 1.29 is 23.1 Å². The van der Waals surface area contributed by atoms with E-state index in [2.05, 4.69) is 20.4 Å². The van der Waals surface area contributed by atoms with Crippen LogP contribution in [0.25, 0.3) is 0 Å². The molecule has 120 valence electrons. The summed E-state index contributed by atoms with van der Waals surface area (Å²) in [6.07, 6.45) is -1.87. The molecule has 0 bridgehead atoms. The molecule has 0 aromatic carbocycles. The lowest BCUT2D eigenvalue weighted by atomic mass is 10.2. The van der Waals surface area contributed by atoms with E-state index in [-0.39, 0.29) is 11.7 Å². The Bertz CT molecular complexity index is 706. The van der Waals surface area contributed by atoms with Gasteiger partial charge >= 0.3 is 12.2 Å². The van der Waals surface area contributed by atoms with Crippen molar-refractivity contribution in [2.45, 2.75) is 12.4 Å². The van der Waals surface area contributed by atoms with Crippen LogP contribution in [0.3, 0.4) is 0 Å². The summed E-state index contributed by atoms with van der Waals surface area (Å²) in [6.45, 7) is 0. The van der Waals surface area contributed by atoms with Crippen LogP contribution < -0.4 is 5.32 Å². The first-order chi connectivity index (χ1) is 10.9. The van der Waals surface area contributed by atoms with E-state index >= 15 is 0 Å². The number of nitrogens with zero attached hydrogens (tertiary/aromatic N) is 4. The van der Waals surface area contributed by atoms with Crippen molar-refractivity contribution in [2.24, 2.45) is 5.10 Å². The molecule has 1 aliphatic heterocycles. The van der Waals surface area contributed by atoms with Crippen molar-refractivity contribution in [3.05, 3.63) is 54.1 Å². The number of hydrazone groups is 1. The molecule has 23 heavy (non-hydrogen) atoms. The van der Waals surface area contributed by atoms with Gasteiger partial charge in [0, 0.05) is 12.4 Å². The van der Waals surface area contributed by atoms with E-state index in [0.29, 0.717) is 17.1 Å². The Balaban J connectivity index is 1.71. The lowest BCUT2D eigenvalue weighted by Crippen LogP contribution is -2.19. The summed E-state index contributed by atoms with van der Waals surface area (Å²) >= 11 is 0. The zero-order chi connectivity index (χ0) is 16.4. The predicted octanol–water partition coefficient (Wildman–Crippen LogP) is 2.60.